The molecular formula is C18H20N4O3. The second-order valence-corrected chi connectivity index (χ2v) is 5.72. The number of non-ortho nitro benzene ring substituents is 1. The average molecular weight is 340 g/mol. The highest BCUT2D eigenvalue weighted by atomic mass is 16.6. The number of nitro benzene ring substituents is 1. The summed E-state index contributed by atoms with van der Waals surface area (Å²) in [5.74, 6) is -0.302. The molecule has 0 aromatic heterocycles. The van der Waals surface area contributed by atoms with E-state index in [1.165, 1.54) is 18.3 Å². The topological polar surface area (TPSA) is 96.6 Å². The van der Waals surface area contributed by atoms with Crippen LogP contribution in [0.4, 0.5) is 11.4 Å². The van der Waals surface area contributed by atoms with Crippen LogP contribution < -0.4 is 10.7 Å². The lowest BCUT2D eigenvalue weighted by Crippen LogP contribution is -2.35. The lowest BCUT2D eigenvalue weighted by atomic mass is 10.1. The number of hydrogen-bond acceptors (Lipinski definition) is 5. The Morgan fingerprint density at radius 1 is 1.20 bits per heavy atom. The summed E-state index contributed by atoms with van der Waals surface area (Å²) in [6.45, 7) is 5.69. The van der Waals surface area contributed by atoms with Gasteiger partial charge in [0.15, 0.2) is 0 Å². The van der Waals surface area contributed by atoms with Crippen molar-refractivity contribution < 1.29 is 9.72 Å². The molecule has 7 nitrogen and oxygen atoms in total. The number of aryl methyl sites for hydroxylation is 2. The van der Waals surface area contributed by atoms with Crippen LogP contribution in [0.1, 0.15) is 23.6 Å². The Morgan fingerprint density at radius 3 is 2.48 bits per heavy atom. The van der Waals surface area contributed by atoms with Crippen LogP contribution in [0, 0.1) is 24.0 Å². The van der Waals surface area contributed by atoms with E-state index in [-0.39, 0.29) is 11.6 Å². The molecule has 0 bridgehead atoms. The number of carbonyl (C=O) groups is 1. The largest absolute Gasteiger partial charge is 0.373 e. The van der Waals surface area contributed by atoms with Gasteiger partial charge in [0.25, 0.3) is 11.6 Å². The molecule has 0 radical (unpaired) electrons. The first-order chi connectivity index (χ1) is 11.9. The van der Waals surface area contributed by atoms with Crippen molar-refractivity contribution in [1.29, 1.82) is 0 Å². The Morgan fingerprint density at radius 2 is 1.84 bits per heavy atom. The van der Waals surface area contributed by atoms with Gasteiger partial charge in [0.1, 0.15) is 6.04 Å². The van der Waals surface area contributed by atoms with Crippen LogP contribution in [0.3, 0.4) is 0 Å². The predicted octanol–water partition coefficient (Wildman–Crippen LogP) is 3.16. The van der Waals surface area contributed by atoms with E-state index in [0.717, 1.165) is 16.8 Å². The lowest BCUT2D eigenvalue weighted by molar-refractivity contribution is -0.384. The second kappa shape index (κ2) is 8.05. The summed E-state index contributed by atoms with van der Waals surface area (Å²) >= 11 is 0. The molecule has 1 atom stereocenters. The van der Waals surface area contributed by atoms with Crippen molar-refractivity contribution >= 4 is 23.5 Å². The molecular weight excluding hydrogens is 320 g/mol. The van der Waals surface area contributed by atoms with Gasteiger partial charge >= 0.3 is 0 Å². The zero-order valence-corrected chi connectivity index (χ0v) is 14.3. The zero-order valence-electron chi connectivity index (χ0n) is 14.3. The highest BCUT2D eigenvalue weighted by molar-refractivity contribution is 5.87. The van der Waals surface area contributed by atoms with Crippen LogP contribution in [0.5, 0.6) is 0 Å². The Labute approximate surface area is 145 Å². The van der Waals surface area contributed by atoms with Crippen LogP contribution >= 0.6 is 0 Å². The number of hydrazone groups is 1. The maximum absolute atomic E-state index is 12.1. The highest BCUT2D eigenvalue weighted by Gasteiger charge is 2.14. The number of nitro groups is 1. The van der Waals surface area contributed by atoms with Gasteiger partial charge in [-0.3, -0.25) is 14.9 Å². The summed E-state index contributed by atoms with van der Waals surface area (Å²) in [6, 6.07) is 11.4. The Balaban J connectivity index is 1.97. The Bertz CT molecular complexity index is 797. The normalized spacial score (nSPS) is 12.0. The highest BCUT2D eigenvalue weighted by Crippen LogP contribution is 2.20. The molecule has 0 aliphatic rings. The Kier molecular flexibility index (Phi) is 5.84. The fourth-order valence-corrected chi connectivity index (χ4v) is 2.31. The molecule has 0 saturated heterocycles. The summed E-state index contributed by atoms with van der Waals surface area (Å²) in [5, 5.41) is 17.8. The standard InChI is InChI=1S/C18H20N4O3/c1-12-6-4-7-13(2)17(12)20-14(3)18(23)21-19-11-15-8-5-9-16(10-15)22(24)25/h4-11,14,20H,1-3H3,(H,21,23)/b19-11-/t14-/m1/s1. The molecule has 0 saturated carbocycles. The van der Waals surface area contributed by atoms with E-state index in [2.05, 4.69) is 15.8 Å². The number of para-hydroxylation sites is 1. The fourth-order valence-electron chi connectivity index (χ4n) is 2.31. The summed E-state index contributed by atoms with van der Waals surface area (Å²) in [7, 11) is 0. The molecule has 2 aromatic rings. The average Bonchev–Trinajstić information content (AvgIpc) is 2.58. The third-order valence-electron chi connectivity index (χ3n) is 3.70. The number of anilines is 1. The van der Waals surface area contributed by atoms with Gasteiger partial charge in [0, 0.05) is 23.4 Å². The van der Waals surface area contributed by atoms with Crippen molar-refractivity contribution in [2.24, 2.45) is 5.10 Å². The van der Waals surface area contributed by atoms with E-state index in [9.17, 15) is 14.9 Å². The molecule has 1 amide bonds. The van der Waals surface area contributed by atoms with E-state index in [1.54, 1.807) is 19.1 Å². The van der Waals surface area contributed by atoms with Crippen molar-refractivity contribution in [2.45, 2.75) is 26.8 Å². The number of benzene rings is 2. The summed E-state index contributed by atoms with van der Waals surface area (Å²) in [6.07, 6.45) is 1.37. The SMILES string of the molecule is Cc1cccc(C)c1N[C@H](C)C(=O)N/N=C\c1cccc([N+](=O)[O-])c1. The molecule has 0 aliphatic carbocycles. The summed E-state index contributed by atoms with van der Waals surface area (Å²) in [4.78, 5) is 22.4. The summed E-state index contributed by atoms with van der Waals surface area (Å²) < 4.78 is 0. The van der Waals surface area contributed by atoms with Crippen molar-refractivity contribution in [3.63, 3.8) is 0 Å². The number of carbonyl (C=O) groups excluding carboxylic acids is 1. The van der Waals surface area contributed by atoms with Gasteiger partial charge in [0.05, 0.1) is 11.1 Å². The molecule has 130 valence electrons. The molecule has 0 spiro atoms. The van der Waals surface area contributed by atoms with Crippen molar-refractivity contribution in [3.05, 3.63) is 69.3 Å². The van der Waals surface area contributed by atoms with E-state index < -0.39 is 11.0 Å². The predicted molar refractivity (Wildman–Crippen MR) is 97.8 cm³/mol. The number of amides is 1. The van der Waals surface area contributed by atoms with Crippen LogP contribution in [-0.4, -0.2) is 23.1 Å². The smallest absolute Gasteiger partial charge is 0.270 e. The quantitative estimate of drug-likeness (QED) is 0.479. The second-order valence-electron chi connectivity index (χ2n) is 5.72. The van der Waals surface area contributed by atoms with E-state index >= 15 is 0 Å². The summed E-state index contributed by atoms with van der Waals surface area (Å²) in [5.41, 5.74) is 5.98. The molecule has 2 aromatic carbocycles. The minimum atomic E-state index is -0.484. The van der Waals surface area contributed by atoms with Crippen molar-refractivity contribution in [2.75, 3.05) is 5.32 Å². The number of nitrogens with one attached hydrogen (secondary N) is 2. The van der Waals surface area contributed by atoms with Crippen molar-refractivity contribution in [1.82, 2.24) is 5.43 Å². The number of hydrogen-bond donors (Lipinski definition) is 2. The molecule has 0 aliphatic heterocycles. The van der Waals surface area contributed by atoms with Gasteiger partial charge in [-0.2, -0.15) is 5.10 Å². The maximum atomic E-state index is 12.1. The van der Waals surface area contributed by atoms with E-state index in [0.29, 0.717) is 5.56 Å². The Hall–Kier alpha value is -3.22. The molecule has 2 rings (SSSR count). The molecule has 25 heavy (non-hydrogen) atoms. The first-order valence-electron chi connectivity index (χ1n) is 7.78. The van der Waals surface area contributed by atoms with Gasteiger partial charge in [-0.15, -0.1) is 0 Å². The third kappa shape index (κ3) is 4.87. The maximum Gasteiger partial charge on any atom is 0.270 e. The third-order valence-corrected chi connectivity index (χ3v) is 3.70. The zero-order chi connectivity index (χ0) is 18.4. The van der Waals surface area contributed by atoms with Crippen LogP contribution in [0.15, 0.2) is 47.6 Å². The molecule has 2 N–H and O–H groups in total. The van der Waals surface area contributed by atoms with Gasteiger partial charge in [-0.25, -0.2) is 5.43 Å². The lowest BCUT2D eigenvalue weighted by Gasteiger charge is -2.17. The van der Waals surface area contributed by atoms with E-state index in [1.807, 2.05) is 32.0 Å². The first kappa shape index (κ1) is 18.1. The molecule has 0 heterocycles. The van der Waals surface area contributed by atoms with Crippen LogP contribution in [-0.2, 0) is 4.79 Å². The molecule has 7 heteroatoms. The first-order valence-corrected chi connectivity index (χ1v) is 7.78. The van der Waals surface area contributed by atoms with E-state index in [4.69, 9.17) is 0 Å². The molecule has 0 unspecified atom stereocenters. The van der Waals surface area contributed by atoms with Gasteiger partial charge in [-0.1, -0.05) is 30.3 Å². The van der Waals surface area contributed by atoms with Crippen LogP contribution in [0.25, 0.3) is 0 Å². The monoisotopic (exact) mass is 340 g/mol. The minimum absolute atomic E-state index is 0.0275. The number of nitrogens with zero attached hydrogens (tertiary/aromatic N) is 2. The van der Waals surface area contributed by atoms with Crippen LogP contribution in [0.2, 0.25) is 0 Å². The number of rotatable bonds is 6. The fraction of sp³-hybridized carbons (Fsp3) is 0.222. The molecule has 0 fully saturated rings. The van der Waals surface area contributed by atoms with Gasteiger partial charge in [-0.05, 0) is 31.9 Å². The minimum Gasteiger partial charge on any atom is -0.373 e. The van der Waals surface area contributed by atoms with Crippen molar-refractivity contribution in [3.8, 4) is 0 Å². The van der Waals surface area contributed by atoms with Gasteiger partial charge in [0.2, 0.25) is 0 Å². The van der Waals surface area contributed by atoms with Gasteiger partial charge < -0.3 is 5.32 Å².